The Bertz CT molecular complexity index is 321. The number of nitrogens with zero attached hydrogens (tertiary/aromatic N) is 3. The molecule has 1 saturated carbocycles. The Morgan fingerprint density at radius 2 is 2.15 bits per heavy atom. The number of hydrogen-bond donors (Lipinski definition) is 0. The van der Waals surface area contributed by atoms with E-state index in [4.69, 9.17) is 0 Å². The fraction of sp³-hybridized carbons (Fsp3) is 0.556. The van der Waals surface area contributed by atoms with Crippen LogP contribution in [0.1, 0.15) is 24.5 Å². The molecule has 1 aliphatic carbocycles. The highest BCUT2D eigenvalue weighted by atomic mass is 79.9. The molecule has 0 aliphatic heterocycles. The van der Waals surface area contributed by atoms with E-state index >= 15 is 0 Å². The molecule has 0 bridgehead atoms. The van der Waals surface area contributed by atoms with Crippen molar-refractivity contribution in [3.05, 3.63) is 16.5 Å². The number of rotatable bonds is 2. The van der Waals surface area contributed by atoms with Crippen LogP contribution in [-0.4, -0.2) is 24.1 Å². The second kappa shape index (κ2) is 3.25. The van der Waals surface area contributed by atoms with Gasteiger partial charge >= 0.3 is 0 Å². The first-order chi connectivity index (χ1) is 6.18. The molecule has 0 N–H and O–H groups in total. The molecule has 2 rings (SSSR count). The molecule has 1 aromatic heterocycles. The summed E-state index contributed by atoms with van der Waals surface area (Å²) in [5.74, 6) is 1.58. The van der Waals surface area contributed by atoms with Crippen LogP contribution in [0, 0.1) is 0 Å². The third-order valence-corrected chi connectivity index (χ3v) is 2.77. The zero-order valence-corrected chi connectivity index (χ0v) is 9.37. The Kier molecular flexibility index (Phi) is 2.24. The normalized spacial score (nSPS) is 15.9. The molecule has 4 heteroatoms. The lowest BCUT2D eigenvalue weighted by molar-refractivity contribution is 0.933. The summed E-state index contributed by atoms with van der Waals surface area (Å²) in [6, 6.07) is 0. The molecule has 1 aromatic rings. The predicted molar refractivity (Wildman–Crippen MR) is 56.0 cm³/mol. The van der Waals surface area contributed by atoms with Crippen molar-refractivity contribution >= 4 is 21.7 Å². The minimum absolute atomic E-state index is 0.641. The topological polar surface area (TPSA) is 29.0 Å². The number of anilines is 1. The Balaban J connectivity index is 2.36. The lowest BCUT2D eigenvalue weighted by atomic mass is 10.3. The Hall–Kier alpha value is -0.640. The van der Waals surface area contributed by atoms with E-state index in [0.29, 0.717) is 5.92 Å². The van der Waals surface area contributed by atoms with E-state index in [1.165, 1.54) is 12.8 Å². The molecule has 1 heterocycles. The molecule has 0 atom stereocenters. The van der Waals surface area contributed by atoms with Crippen LogP contribution < -0.4 is 4.90 Å². The highest BCUT2D eigenvalue weighted by Crippen LogP contribution is 2.41. The first-order valence-corrected chi connectivity index (χ1v) is 5.17. The van der Waals surface area contributed by atoms with Crippen molar-refractivity contribution in [3.63, 3.8) is 0 Å². The molecule has 0 unspecified atom stereocenters. The van der Waals surface area contributed by atoms with E-state index in [0.717, 1.165) is 16.1 Å². The van der Waals surface area contributed by atoms with Gasteiger partial charge in [-0.25, -0.2) is 9.97 Å². The summed E-state index contributed by atoms with van der Waals surface area (Å²) < 4.78 is 0.903. The van der Waals surface area contributed by atoms with Gasteiger partial charge in [-0.3, -0.25) is 0 Å². The second-order valence-electron chi connectivity index (χ2n) is 3.57. The van der Waals surface area contributed by atoms with Gasteiger partial charge in [0.2, 0.25) is 0 Å². The average Bonchev–Trinajstić information content (AvgIpc) is 2.87. The third-order valence-electron chi connectivity index (χ3n) is 2.16. The van der Waals surface area contributed by atoms with Gasteiger partial charge in [0.1, 0.15) is 10.4 Å². The molecule has 1 fully saturated rings. The van der Waals surface area contributed by atoms with Gasteiger partial charge in [-0.2, -0.15) is 0 Å². The molecule has 0 spiro atoms. The van der Waals surface area contributed by atoms with Crippen molar-refractivity contribution in [1.29, 1.82) is 0 Å². The molecule has 0 aromatic carbocycles. The van der Waals surface area contributed by atoms with Crippen LogP contribution in [0.15, 0.2) is 10.8 Å². The van der Waals surface area contributed by atoms with Crippen molar-refractivity contribution in [2.75, 3.05) is 19.0 Å². The maximum atomic E-state index is 4.55. The Morgan fingerprint density at radius 1 is 1.46 bits per heavy atom. The molecule has 1 aliphatic rings. The van der Waals surface area contributed by atoms with Gasteiger partial charge in [0, 0.05) is 20.0 Å². The van der Waals surface area contributed by atoms with Gasteiger partial charge < -0.3 is 4.90 Å². The van der Waals surface area contributed by atoms with Gasteiger partial charge in [-0.1, -0.05) is 0 Å². The molecule has 0 saturated heterocycles. The van der Waals surface area contributed by atoms with Crippen LogP contribution >= 0.6 is 15.9 Å². The SMILES string of the molecule is CN(C)c1cnc(Br)c(C2CC2)n1. The minimum atomic E-state index is 0.641. The fourth-order valence-electron chi connectivity index (χ4n) is 1.21. The van der Waals surface area contributed by atoms with Gasteiger partial charge in [0.15, 0.2) is 0 Å². The third kappa shape index (κ3) is 1.82. The van der Waals surface area contributed by atoms with Crippen LogP contribution in [0.3, 0.4) is 0 Å². The van der Waals surface area contributed by atoms with Gasteiger partial charge in [0.25, 0.3) is 0 Å². The largest absolute Gasteiger partial charge is 0.361 e. The monoisotopic (exact) mass is 241 g/mol. The van der Waals surface area contributed by atoms with Crippen molar-refractivity contribution in [3.8, 4) is 0 Å². The first-order valence-electron chi connectivity index (χ1n) is 4.38. The van der Waals surface area contributed by atoms with Crippen LogP contribution in [-0.2, 0) is 0 Å². The molecular formula is C9H12BrN3. The van der Waals surface area contributed by atoms with Crippen molar-refractivity contribution in [1.82, 2.24) is 9.97 Å². The molecule has 0 radical (unpaired) electrons. The van der Waals surface area contributed by atoms with E-state index in [2.05, 4.69) is 25.9 Å². The fourth-order valence-corrected chi connectivity index (χ4v) is 1.73. The molecule has 13 heavy (non-hydrogen) atoms. The maximum absolute atomic E-state index is 4.55. The number of halogens is 1. The van der Waals surface area contributed by atoms with Crippen molar-refractivity contribution in [2.45, 2.75) is 18.8 Å². The van der Waals surface area contributed by atoms with Crippen LogP contribution in [0.25, 0.3) is 0 Å². The lowest BCUT2D eigenvalue weighted by Gasteiger charge is -2.12. The van der Waals surface area contributed by atoms with Crippen LogP contribution in [0.5, 0.6) is 0 Å². The predicted octanol–water partition coefficient (Wildman–Crippen LogP) is 2.18. The van der Waals surface area contributed by atoms with E-state index in [1.807, 2.05) is 19.0 Å². The molecular weight excluding hydrogens is 230 g/mol. The van der Waals surface area contributed by atoms with E-state index in [1.54, 1.807) is 6.20 Å². The summed E-state index contributed by atoms with van der Waals surface area (Å²) in [5, 5.41) is 0. The van der Waals surface area contributed by atoms with Gasteiger partial charge in [-0.15, -0.1) is 0 Å². The number of aromatic nitrogens is 2. The van der Waals surface area contributed by atoms with Crippen LogP contribution in [0.4, 0.5) is 5.82 Å². The zero-order valence-electron chi connectivity index (χ0n) is 7.79. The second-order valence-corrected chi connectivity index (χ2v) is 4.32. The average molecular weight is 242 g/mol. The summed E-state index contributed by atoms with van der Waals surface area (Å²) in [6.45, 7) is 0. The lowest BCUT2D eigenvalue weighted by Crippen LogP contribution is -2.12. The Labute approximate surface area is 86.3 Å². The highest BCUT2D eigenvalue weighted by Gasteiger charge is 2.28. The minimum Gasteiger partial charge on any atom is -0.361 e. The van der Waals surface area contributed by atoms with Gasteiger partial charge in [0.05, 0.1) is 11.9 Å². The summed E-state index contributed by atoms with van der Waals surface area (Å²) in [5.41, 5.74) is 1.12. The Morgan fingerprint density at radius 3 is 2.69 bits per heavy atom. The summed E-state index contributed by atoms with van der Waals surface area (Å²) in [4.78, 5) is 10.8. The number of hydrogen-bond acceptors (Lipinski definition) is 3. The highest BCUT2D eigenvalue weighted by molar-refractivity contribution is 9.10. The smallest absolute Gasteiger partial charge is 0.146 e. The summed E-state index contributed by atoms with van der Waals surface area (Å²) >= 11 is 3.43. The standard InChI is InChI=1S/C9H12BrN3/c1-13(2)7-5-11-9(10)8(12-7)6-3-4-6/h5-6H,3-4H2,1-2H3. The summed E-state index contributed by atoms with van der Waals surface area (Å²) in [6.07, 6.45) is 4.30. The van der Waals surface area contributed by atoms with E-state index in [9.17, 15) is 0 Å². The van der Waals surface area contributed by atoms with Crippen molar-refractivity contribution < 1.29 is 0 Å². The summed E-state index contributed by atoms with van der Waals surface area (Å²) in [7, 11) is 3.96. The first kappa shape index (κ1) is 8.94. The molecule has 70 valence electrons. The molecule has 3 nitrogen and oxygen atoms in total. The van der Waals surface area contributed by atoms with E-state index < -0.39 is 0 Å². The van der Waals surface area contributed by atoms with Crippen molar-refractivity contribution in [2.24, 2.45) is 0 Å². The maximum Gasteiger partial charge on any atom is 0.146 e. The van der Waals surface area contributed by atoms with Crippen LogP contribution in [0.2, 0.25) is 0 Å². The molecule has 0 amide bonds. The zero-order chi connectivity index (χ0) is 9.42. The van der Waals surface area contributed by atoms with Gasteiger partial charge in [-0.05, 0) is 28.8 Å². The quantitative estimate of drug-likeness (QED) is 0.795. The van der Waals surface area contributed by atoms with E-state index in [-0.39, 0.29) is 0 Å².